The Hall–Kier alpha value is -11.5. The first-order chi connectivity index (χ1) is 43.1. The van der Waals surface area contributed by atoms with Crippen LogP contribution in [-0.2, 0) is 0 Å². The summed E-state index contributed by atoms with van der Waals surface area (Å²) < 4.78 is 11.6. The SMILES string of the molecule is C1=NC(c2ccccc2-c2ccc3c(c2)c2cc(-c4ccccc4-c4ccccn4)ccc2n3-c2ccc3oc4ccc(-n5c6ccc(-c7ccccc7-c7ccccn7)cc6c6cc(-c7ccccc7-c7ccccn7)ccc65)cc4c3c2)=CCC1. The van der Waals surface area contributed by atoms with Gasteiger partial charge in [-0.3, -0.25) is 19.9 Å². The Kier molecular flexibility index (Phi) is 11.9. The second-order valence-corrected chi connectivity index (χ2v) is 22.4. The molecule has 1 aliphatic rings. The number of rotatable bonds is 10. The second-order valence-electron chi connectivity index (χ2n) is 22.4. The number of pyridine rings is 3. The molecule has 0 amide bonds. The van der Waals surface area contributed by atoms with E-state index in [1.165, 1.54) is 0 Å². The molecule has 10 aromatic carbocycles. The van der Waals surface area contributed by atoms with Crippen molar-refractivity contribution in [2.45, 2.75) is 12.8 Å². The van der Waals surface area contributed by atoms with Crippen LogP contribution in [0.3, 0.4) is 0 Å². The number of benzene rings is 10. The average molecular weight is 1110 g/mol. The average Bonchev–Trinajstić information content (AvgIpc) is 1.70. The van der Waals surface area contributed by atoms with E-state index in [-0.39, 0.29) is 0 Å². The van der Waals surface area contributed by atoms with Crippen LogP contribution in [0.5, 0.6) is 0 Å². The Labute approximate surface area is 501 Å². The highest BCUT2D eigenvalue weighted by atomic mass is 16.3. The molecule has 0 radical (unpaired) electrons. The van der Waals surface area contributed by atoms with E-state index in [0.717, 1.165) is 179 Å². The first kappa shape index (κ1) is 50.0. The molecule has 0 unspecified atom stereocenters. The minimum Gasteiger partial charge on any atom is -0.456 e. The van der Waals surface area contributed by atoms with Crippen molar-refractivity contribution in [3.8, 4) is 89.7 Å². The van der Waals surface area contributed by atoms with Crippen molar-refractivity contribution in [3.63, 3.8) is 0 Å². The van der Waals surface area contributed by atoms with Crippen LogP contribution >= 0.6 is 0 Å². The van der Waals surface area contributed by atoms with E-state index < -0.39 is 0 Å². The summed E-state index contributed by atoms with van der Waals surface area (Å²) in [6.45, 7) is 0. The third-order valence-corrected chi connectivity index (χ3v) is 17.4. The van der Waals surface area contributed by atoms with Gasteiger partial charge in [-0.15, -0.1) is 0 Å². The molecule has 0 aliphatic carbocycles. The number of hydrogen-bond acceptors (Lipinski definition) is 5. The van der Waals surface area contributed by atoms with Gasteiger partial charge in [0.15, 0.2) is 0 Å². The molecule has 87 heavy (non-hydrogen) atoms. The monoisotopic (exact) mass is 1110 g/mol. The zero-order valence-electron chi connectivity index (χ0n) is 47.2. The molecule has 0 saturated heterocycles. The van der Waals surface area contributed by atoms with Gasteiger partial charge in [0.1, 0.15) is 11.2 Å². The lowest BCUT2D eigenvalue weighted by molar-refractivity contribution is 0.669. The van der Waals surface area contributed by atoms with Crippen LogP contribution in [0.15, 0.2) is 295 Å². The number of aromatic nitrogens is 5. The van der Waals surface area contributed by atoms with E-state index in [0.29, 0.717) is 0 Å². The summed E-state index contributed by atoms with van der Waals surface area (Å²) in [4.78, 5) is 19.2. The normalized spacial score (nSPS) is 12.5. The summed E-state index contributed by atoms with van der Waals surface area (Å²) in [6, 6.07) is 93.7. The Morgan fingerprint density at radius 3 is 0.977 bits per heavy atom. The molecule has 7 heteroatoms. The zero-order valence-corrected chi connectivity index (χ0v) is 47.2. The second kappa shape index (κ2) is 20.7. The van der Waals surface area contributed by atoms with Crippen LogP contribution < -0.4 is 0 Å². The van der Waals surface area contributed by atoms with E-state index in [2.05, 4.69) is 258 Å². The Morgan fingerprint density at radius 2 is 0.632 bits per heavy atom. The maximum atomic E-state index is 6.76. The molecule has 1 aliphatic heterocycles. The Balaban J connectivity index is 0.846. The van der Waals surface area contributed by atoms with Crippen LogP contribution in [0.25, 0.3) is 161 Å². The fourth-order valence-corrected chi connectivity index (χ4v) is 13.4. The van der Waals surface area contributed by atoms with Crippen molar-refractivity contribution in [1.29, 1.82) is 0 Å². The van der Waals surface area contributed by atoms with Crippen molar-refractivity contribution < 1.29 is 4.42 Å². The van der Waals surface area contributed by atoms with E-state index in [4.69, 9.17) is 24.4 Å². The van der Waals surface area contributed by atoms with Gasteiger partial charge < -0.3 is 13.6 Å². The molecular weight excluding hydrogens is 1060 g/mol. The van der Waals surface area contributed by atoms with Gasteiger partial charge in [-0.05, 0) is 179 Å². The number of furan rings is 1. The van der Waals surface area contributed by atoms with E-state index in [1.807, 2.05) is 43.0 Å². The minimum atomic E-state index is 0.827. The van der Waals surface area contributed by atoms with Crippen molar-refractivity contribution in [2.75, 3.05) is 0 Å². The number of aliphatic imine (C=N–C) groups is 1. The quantitative estimate of drug-likeness (QED) is 0.137. The lowest BCUT2D eigenvalue weighted by Crippen LogP contribution is -1.95. The fraction of sp³-hybridized carbons (Fsp3) is 0.0250. The van der Waals surface area contributed by atoms with E-state index in [1.54, 1.807) is 0 Å². The molecule has 0 saturated carbocycles. The standard InChI is InChI=1S/C80H52N6O/c1-5-21-61(71-25-9-13-41-81-71)57(17-1)51-29-35-75-65(45-51)66-46-52(58-18-2-6-22-62(58)72-26-10-14-42-82-72)30-36-76(66)85(75)55-33-39-79-69(49-55)70-50-56(34-40-80(70)87-79)86-77-37-31-53(59-19-3-7-23-63(59)73-27-11-15-43-83-73)47-67(77)68-48-54(32-38-78(68)86)60-20-4-8-24-64(60)74-28-12-16-44-84-74/h1-11,13-15,17-50H,12,16H2. The topological polar surface area (TPSA) is 74.0 Å². The molecular formula is C80H52N6O. The summed E-state index contributed by atoms with van der Waals surface area (Å²) in [5.74, 6) is 0. The Morgan fingerprint density at radius 1 is 0.287 bits per heavy atom. The summed E-state index contributed by atoms with van der Waals surface area (Å²) in [6.07, 6.45) is 11.8. The van der Waals surface area contributed by atoms with Crippen LogP contribution in [0.4, 0.5) is 0 Å². The van der Waals surface area contributed by atoms with Gasteiger partial charge in [0.25, 0.3) is 0 Å². The summed E-state index contributed by atoms with van der Waals surface area (Å²) >= 11 is 0. The fourth-order valence-electron chi connectivity index (χ4n) is 13.4. The minimum absolute atomic E-state index is 0.827. The number of allylic oxidation sites excluding steroid dienone is 1. The van der Waals surface area contributed by atoms with E-state index in [9.17, 15) is 0 Å². The predicted octanol–water partition coefficient (Wildman–Crippen LogP) is 20.8. The third-order valence-electron chi connectivity index (χ3n) is 17.4. The van der Waals surface area contributed by atoms with Crippen molar-refractivity contribution in [3.05, 3.63) is 291 Å². The Bertz CT molecular complexity index is 5320. The maximum Gasteiger partial charge on any atom is 0.135 e. The molecule has 0 spiro atoms. The highest BCUT2D eigenvalue weighted by Crippen LogP contribution is 2.45. The molecule has 6 aromatic heterocycles. The first-order valence-corrected chi connectivity index (χ1v) is 29.6. The van der Waals surface area contributed by atoms with Gasteiger partial charge in [-0.25, -0.2) is 0 Å². The van der Waals surface area contributed by atoms with Crippen molar-refractivity contribution in [2.24, 2.45) is 4.99 Å². The van der Waals surface area contributed by atoms with Crippen LogP contribution in [0.1, 0.15) is 18.4 Å². The molecule has 0 bridgehead atoms. The first-order valence-electron chi connectivity index (χ1n) is 29.6. The number of fused-ring (bicyclic) bond motifs is 9. The zero-order chi connectivity index (χ0) is 57.4. The van der Waals surface area contributed by atoms with Crippen LogP contribution in [0, 0.1) is 0 Å². The molecule has 408 valence electrons. The molecule has 0 N–H and O–H groups in total. The van der Waals surface area contributed by atoms with Gasteiger partial charge in [0.05, 0.1) is 44.8 Å². The van der Waals surface area contributed by atoms with Gasteiger partial charge in [0, 0.05) is 90.8 Å². The molecule has 0 atom stereocenters. The summed E-state index contributed by atoms with van der Waals surface area (Å²) in [5.41, 5.74) is 25.4. The molecule has 17 rings (SSSR count). The number of nitrogens with zero attached hydrogens (tertiary/aromatic N) is 6. The smallest absolute Gasteiger partial charge is 0.135 e. The summed E-state index contributed by atoms with van der Waals surface area (Å²) in [7, 11) is 0. The molecule has 16 aromatic rings. The van der Waals surface area contributed by atoms with Crippen LogP contribution in [-0.4, -0.2) is 30.3 Å². The van der Waals surface area contributed by atoms with Gasteiger partial charge in [0.2, 0.25) is 0 Å². The molecule has 0 fully saturated rings. The van der Waals surface area contributed by atoms with Gasteiger partial charge >= 0.3 is 0 Å². The lowest BCUT2D eigenvalue weighted by Gasteiger charge is -2.13. The number of hydrogen-bond donors (Lipinski definition) is 0. The summed E-state index contributed by atoms with van der Waals surface area (Å²) in [5, 5.41) is 6.69. The lowest BCUT2D eigenvalue weighted by atomic mass is 9.94. The van der Waals surface area contributed by atoms with Gasteiger partial charge in [-0.1, -0.05) is 146 Å². The predicted molar refractivity (Wildman–Crippen MR) is 360 cm³/mol. The van der Waals surface area contributed by atoms with Crippen molar-refractivity contribution >= 4 is 77.5 Å². The largest absolute Gasteiger partial charge is 0.456 e. The highest BCUT2D eigenvalue weighted by Gasteiger charge is 2.22. The third kappa shape index (κ3) is 8.50. The highest BCUT2D eigenvalue weighted by molar-refractivity contribution is 6.15. The van der Waals surface area contributed by atoms with E-state index >= 15 is 0 Å². The van der Waals surface area contributed by atoms with Gasteiger partial charge in [-0.2, -0.15) is 0 Å². The van der Waals surface area contributed by atoms with Crippen molar-refractivity contribution in [1.82, 2.24) is 24.1 Å². The maximum absolute atomic E-state index is 6.76. The molecule has 7 nitrogen and oxygen atoms in total. The molecule has 7 heterocycles. The van der Waals surface area contributed by atoms with Crippen LogP contribution in [0.2, 0.25) is 0 Å².